The van der Waals surface area contributed by atoms with Gasteiger partial charge in [-0.2, -0.15) is 0 Å². The summed E-state index contributed by atoms with van der Waals surface area (Å²) in [6.07, 6.45) is 2.90. The Bertz CT molecular complexity index is 292. The normalized spacial score (nSPS) is 13.6. The van der Waals surface area contributed by atoms with Crippen LogP contribution in [-0.4, -0.2) is 9.79 Å². The Morgan fingerprint density at radius 1 is 1.21 bits per heavy atom. The van der Waals surface area contributed by atoms with Crippen molar-refractivity contribution in [2.24, 2.45) is 0 Å². The average Bonchev–Trinajstić information content (AvgIpc) is 2.00. The van der Waals surface area contributed by atoms with E-state index in [0.29, 0.717) is 12.8 Å². The minimum absolute atomic E-state index is 0.265. The maximum atomic E-state index is 11.2. The lowest BCUT2D eigenvalue weighted by Gasteiger charge is -2.11. The molecule has 0 spiro atoms. The summed E-state index contributed by atoms with van der Waals surface area (Å²) in [5.74, 6) is 0. The molecule has 14 heavy (non-hydrogen) atoms. The molecule has 0 aromatic rings. The van der Waals surface area contributed by atoms with E-state index in [0.717, 1.165) is 11.1 Å². The van der Waals surface area contributed by atoms with E-state index in [9.17, 15) is 4.57 Å². The van der Waals surface area contributed by atoms with Crippen LogP contribution in [0.5, 0.6) is 0 Å². The second-order valence-electron chi connectivity index (χ2n) is 3.44. The van der Waals surface area contributed by atoms with Crippen molar-refractivity contribution >= 4 is 7.60 Å². The highest BCUT2D eigenvalue weighted by Gasteiger charge is 2.21. The van der Waals surface area contributed by atoms with E-state index in [1.165, 1.54) is 0 Å². The smallest absolute Gasteiger partial charge is 0.321 e. The lowest BCUT2D eigenvalue weighted by molar-refractivity contribution is 0.380. The van der Waals surface area contributed by atoms with E-state index in [1.54, 1.807) is 6.92 Å². The first-order valence-corrected chi connectivity index (χ1v) is 6.37. The average molecular weight is 218 g/mol. The number of hydrogen-bond donors (Lipinski definition) is 2. The Labute approximate surface area is 85.7 Å². The standard InChI is InChI=1S/C10H19O3P/c1-5-9(7-8(3)4)10(6-2)14(11,12)13/h7H,5-6H2,1-4H3,(H2,11,12,13). The molecule has 0 aliphatic carbocycles. The van der Waals surface area contributed by atoms with Crippen molar-refractivity contribution in [3.63, 3.8) is 0 Å². The van der Waals surface area contributed by atoms with Gasteiger partial charge in [0.2, 0.25) is 0 Å². The molecule has 0 radical (unpaired) electrons. The molecule has 0 unspecified atom stereocenters. The van der Waals surface area contributed by atoms with Crippen molar-refractivity contribution in [3.05, 3.63) is 22.5 Å². The van der Waals surface area contributed by atoms with Gasteiger partial charge in [-0.3, -0.25) is 4.57 Å². The highest BCUT2D eigenvalue weighted by Crippen LogP contribution is 2.49. The molecule has 3 nitrogen and oxygen atoms in total. The molecular formula is C10H19O3P. The summed E-state index contributed by atoms with van der Waals surface area (Å²) in [5.41, 5.74) is 1.82. The van der Waals surface area contributed by atoms with Gasteiger partial charge in [-0.1, -0.05) is 25.5 Å². The zero-order chi connectivity index (χ0) is 11.4. The van der Waals surface area contributed by atoms with Crippen LogP contribution in [0.1, 0.15) is 40.5 Å². The molecule has 0 saturated heterocycles. The van der Waals surface area contributed by atoms with Gasteiger partial charge in [0.15, 0.2) is 0 Å². The predicted molar refractivity (Wildman–Crippen MR) is 59.1 cm³/mol. The van der Waals surface area contributed by atoms with Gasteiger partial charge >= 0.3 is 7.60 Å². The van der Waals surface area contributed by atoms with Crippen molar-refractivity contribution in [2.75, 3.05) is 0 Å². The fourth-order valence-corrected chi connectivity index (χ4v) is 2.37. The summed E-state index contributed by atoms with van der Waals surface area (Å²) in [6, 6.07) is 0. The third kappa shape index (κ3) is 4.23. The first-order valence-electron chi connectivity index (χ1n) is 4.75. The van der Waals surface area contributed by atoms with E-state index in [2.05, 4.69) is 0 Å². The molecule has 82 valence electrons. The summed E-state index contributed by atoms with van der Waals surface area (Å²) in [6.45, 7) is 7.51. The van der Waals surface area contributed by atoms with Crippen molar-refractivity contribution in [2.45, 2.75) is 40.5 Å². The summed E-state index contributed by atoms with van der Waals surface area (Å²) in [5, 5.41) is 0.265. The van der Waals surface area contributed by atoms with Gasteiger partial charge in [0.25, 0.3) is 0 Å². The largest absolute Gasteiger partial charge is 0.352 e. The van der Waals surface area contributed by atoms with Gasteiger partial charge in [-0.15, -0.1) is 0 Å². The van der Waals surface area contributed by atoms with Crippen molar-refractivity contribution < 1.29 is 14.4 Å². The molecule has 0 saturated carbocycles. The third-order valence-corrected chi connectivity index (χ3v) is 3.21. The molecule has 0 bridgehead atoms. The van der Waals surface area contributed by atoms with Crippen LogP contribution in [-0.2, 0) is 4.57 Å². The molecule has 2 N–H and O–H groups in total. The molecule has 0 amide bonds. The van der Waals surface area contributed by atoms with Crippen LogP contribution in [0.2, 0.25) is 0 Å². The molecule has 0 aromatic carbocycles. The number of hydrogen-bond acceptors (Lipinski definition) is 1. The van der Waals surface area contributed by atoms with Crippen molar-refractivity contribution in [3.8, 4) is 0 Å². The molecule has 0 heterocycles. The second kappa shape index (κ2) is 5.50. The zero-order valence-corrected chi connectivity index (χ0v) is 10.1. The van der Waals surface area contributed by atoms with Crippen LogP contribution in [0.4, 0.5) is 0 Å². The van der Waals surface area contributed by atoms with Crippen LogP contribution in [0, 0.1) is 0 Å². The van der Waals surface area contributed by atoms with Crippen LogP contribution in [0.3, 0.4) is 0 Å². The Morgan fingerprint density at radius 2 is 1.71 bits per heavy atom. The number of allylic oxidation sites excluding steroid dienone is 4. The third-order valence-electron chi connectivity index (χ3n) is 1.90. The van der Waals surface area contributed by atoms with Crippen molar-refractivity contribution in [1.29, 1.82) is 0 Å². The van der Waals surface area contributed by atoms with Crippen molar-refractivity contribution in [1.82, 2.24) is 0 Å². The highest BCUT2D eigenvalue weighted by atomic mass is 31.2. The highest BCUT2D eigenvalue weighted by molar-refractivity contribution is 7.56. The van der Waals surface area contributed by atoms with E-state index in [1.807, 2.05) is 26.8 Å². The second-order valence-corrected chi connectivity index (χ2v) is 5.07. The Balaban J connectivity index is 5.36. The molecule has 4 heteroatoms. The van der Waals surface area contributed by atoms with Gasteiger partial charge in [0, 0.05) is 5.31 Å². The fraction of sp³-hybridized carbons (Fsp3) is 0.600. The maximum Gasteiger partial charge on any atom is 0.352 e. The van der Waals surface area contributed by atoms with E-state index in [-0.39, 0.29) is 5.31 Å². The first kappa shape index (κ1) is 13.6. The predicted octanol–water partition coefficient (Wildman–Crippen LogP) is 3.20. The molecule has 0 aliphatic rings. The fourth-order valence-electron chi connectivity index (χ4n) is 1.36. The van der Waals surface area contributed by atoms with Crippen LogP contribution in [0.25, 0.3) is 0 Å². The van der Waals surface area contributed by atoms with Crippen LogP contribution >= 0.6 is 7.60 Å². The summed E-state index contributed by atoms with van der Waals surface area (Å²) >= 11 is 0. The first-order chi connectivity index (χ1) is 6.32. The van der Waals surface area contributed by atoms with Gasteiger partial charge in [-0.05, 0) is 32.3 Å². The molecular weight excluding hydrogens is 199 g/mol. The maximum absolute atomic E-state index is 11.2. The van der Waals surface area contributed by atoms with Gasteiger partial charge in [0.1, 0.15) is 0 Å². The Kier molecular flexibility index (Phi) is 5.35. The molecule has 0 atom stereocenters. The Morgan fingerprint density at radius 3 is 1.93 bits per heavy atom. The Hall–Kier alpha value is -0.370. The van der Waals surface area contributed by atoms with Gasteiger partial charge in [0.05, 0.1) is 0 Å². The van der Waals surface area contributed by atoms with E-state index < -0.39 is 7.60 Å². The lowest BCUT2D eigenvalue weighted by atomic mass is 10.1. The SMILES string of the molecule is CCC(C=C(C)C)=C(CC)P(=O)(O)O. The minimum Gasteiger partial charge on any atom is -0.321 e. The quantitative estimate of drug-likeness (QED) is 0.562. The van der Waals surface area contributed by atoms with E-state index >= 15 is 0 Å². The van der Waals surface area contributed by atoms with Crippen LogP contribution in [0.15, 0.2) is 22.5 Å². The monoisotopic (exact) mass is 218 g/mol. The molecule has 0 fully saturated rings. The summed E-state index contributed by atoms with van der Waals surface area (Å²) in [4.78, 5) is 18.2. The molecule has 0 aliphatic heterocycles. The number of rotatable bonds is 4. The topological polar surface area (TPSA) is 57.5 Å². The summed E-state index contributed by atoms with van der Waals surface area (Å²) in [7, 11) is -4.07. The van der Waals surface area contributed by atoms with Gasteiger partial charge < -0.3 is 9.79 Å². The minimum atomic E-state index is -4.07. The van der Waals surface area contributed by atoms with Gasteiger partial charge in [-0.25, -0.2) is 0 Å². The summed E-state index contributed by atoms with van der Waals surface area (Å²) < 4.78 is 11.2. The molecule has 0 rings (SSSR count). The zero-order valence-electron chi connectivity index (χ0n) is 9.24. The van der Waals surface area contributed by atoms with E-state index in [4.69, 9.17) is 9.79 Å². The van der Waals surface area contributed by atoms with Crippen LogP contribution < -0.4 is 0 Å². The molecule has 0 aromatic heterocycles. The lowest BCUT2D eigenvalue weighted by Crippen LogP contribution is -1.91.